The summed E-state index contributed by atoms with van der Waals surface area (Å²) in [6.07, 6.45) is 3.96. The van der Waals surface area contributed by atoms with E-state index in [-0.39, 0.29) is 5.56 Å². The third-order valence-corrected chi connectivity index (χ3v) is 2.78. The smallest absolute Gasteiger partial charge is 0.253 e. The van der Waals surface area contributed by atoms with Gasteiger partial charge in [-0.1, -0.05) is 42.5 Å². The minimum absolute atomic E-state index is 0.0558. The van der Waals surface area contributed by atoms with Crippen molar-refractivity contribution in [3.05, 3.63) is 69.6 Å². The van der Waals surface area contributed by atoms with Crippen molar-refractivity contribution in [2.45, 2.75) is 6.92 Å². The van der Waals surface area contributed by atoms with Gasteiger partial charge in [-0.3, -0.25) is 4.79 Å². The second-order valence-electron chi connectivity index (χ2n) is 4.05. The average Bonchev–Trinajstić information content (AvgIpc) is 2.36. The van der Waals surface area contributed by atoms with Gasteiger partial charge < -0.3 is 4.57 Å². The van der Waals surface area contributed by atoms with Crippen LogP contribution in [0, 0.1) is 6.92 Å². The summed E-state index contributed by atoms with van der Waals surface area (Å²) < 4.78 is 1.66. The number of aryl methyl sites for hydroxylation is 1. The first-order valence-corrected chi connectivity index (χ1v) is 5.58. The van der Waals surface area contributed by atoms with E-state index in [9.17, 15) is 4.79 Å². The highest BCUT2D eigenvalue weighted by Crippen LogP contribution is 2.06. The van der Waals surface area contributed by atoms with Crippen LogP contribution >= 0.6 is 0 Å². The highest BCUT2D eigenvalue weighted by Gasteiger charge is 1.98. The molecule has 1 aromatic carbocycles. The number of pyridine rings is 1. The van der Waals surface area contributed by atoms with Crippen LogP contribution in [0.1, 0.15) is 16.8 Å². The number of aromatic nitrogens is 1. The first-order valence-electron chi connectivity index (χ1n) is 5.58. The zero-order chi connectivity index (χ0) is 12.3. The van der Waals surface area contributed by atoms with Gasteiger partial charge >= 0.3 is 0 Å². The van der Waals surface area contributed by atoms with Crippen molar-refractivity contribution in [1.82, 2.24) is 4.57 Å². The van der Waals surface area contributed by atoms with Crippen LogP contribution in [0.5, 0.6) is 0 Å². The molecule has 0 N–H and O–H groups in total. The van der Waals surface area contributed by atoms with Gasteiger partial charge in [0.25, 0.3) is 5.56 Å². The molecule has 1 aromatic heterocycles. The Hall–Kier alpha value is -2.09. The Balaban J connectivity index is 2.35. The summed E-state index contributed by atoms with van der Waals surface area (Å²) in [7, 11) is 1.79. The molecule has 0 saturated carbocycles. The van der Waals surface area contributed by atoms with Crippen LogP contribution in [-0.4, -0.2) is 4.57 Å². The Morgan fingerprint density at radius 1 is 1.00 bits per heavy atom. The van der Waals surface area contributed by atoms with Crippen LogP contribution in [-0.2, 0) is 7.05 Å². The van der Waals surface area contributed by atoms with E-state index in [1.807, 2.05) is 61.5 Å². The predicted molar refractivity (Wildman–Crippen MR) is 71.8 cm³/mol. The van der Waals surface area contributed by atoms with E-state index in [2.05, 4.69) is 0 Å². The lowest BCUT2D eigenvalue weighted by atomic mass is 10.2. The molecule has 0 aliphatic heterocycles. The lowest BCUT2D eigenvalue weighted by molar-refractivity contribution is 0.837. The maximum absolute atomic E-state index is 11.7. The maximum Gasteiger partial charge on any atom is 0.253 e. The van der Waals surface area contributed by atoms with Gasteiger partial charge in [0.1, 0.15) is 0 Å². The van der Waals surface area contributed by atoms with E-state index in [4.69, 9.17) is 0 Å². The molecule has 0 bridgehead atoms. The van der Waals surface area contributed by atoms with E-state index in [0.29, 0.717) is 0 Å². The van der Waals surface area contributed by atoms with Gasteiger partial charge in [0.2, 0.25) is 0 Å². The van der Waals surface area contributed by atoms with E-state index in [1.54, 1.807) is 11.6 Å². The van der Waals surface area contributed by atoms with E-state index in [1.165, 1.54) is 0 Å². The predicted octanol–water partition coefficient (Wildman–Crippen LogP) is 2.86. The molecule has 0 spiro atoms. The van der Waals surface area contributed by atoms with E-state index in [0.717, 1.165) is 16.8 Å². The molecule has 0 radical (unpaired) electrons. The van der Waals surface area contributed by atoms with Crippen molar-refractivity contribution < 1.29 is 0 Å². The van der Waals surface area contributed by atoms with Crippen LogP contribution < -0.4 is 5.56 Å². The second-order valence-corrected chi connectivity index (χ2v) is 4.05. The first kappa shape index (κ1) is 11.4. The lowest BCUT2D eigenvalue weighted by Crippen LogP contribution is -2.20. The zero-order valence-corrected chi connectivity index (χ0v) is 10.1. The summed E-state index contributed by atoms with van der Waals surface area (Å²) >= 11 is 0. The van der Waals surface area contributed by atoms with Crippen molar-refractivity contribution in [3.63, 3.8) is 0 Å². The Labute approximate surface area is 101 Å². The molecule has 2 rings (SSSR count). The zero-order valence-electron chi connectivity index (χ0n) is 10.1. The molecule has 0 fully saturated rings. The highest BCUT2D eigenvalue weighted by molar-refractivity contribution is 5.68. The molecule has 0 aliphatic carbocycles. The summed E-state index contributed by atoms with van der Waals surface area (Å²) in [5, 5.41) is 0. The molecule has 1 heterocycles. The first-order chi connectivity index (χ1) is 8.18. The van der Waals surface area contributed by atoms with Crippen LogP contribution in [0.15, 0.2) is 47.3 Å². The minimum atomic E-state index is 0.0558. The fourth-order valence-electron chi connectivity index (χ4n) is 1.69. The SMILES string of the molecule is Cc1ccc(C=Cc2ccccc2)n(C)c1=O. The maximum atomic E-state index is 11.7. The van der Waals surface area contributed by atoms with Crippen molar-refractivity contribution in [3.8, 4) is 0 Å². The largest absolute Gasteiger partial charge is 0.312 e. The monoisotopic (exact) mass is 225 g/mol. The van der Waals surface area contributed by atoms with Gasteiger partial charge in [-0.05, 0) is 24.6 Å². The van der Waals surface area contributed by atoms with Crippen molar-refractivity contribution in [2.24, 2.45) is 7.05 Å². The van der Waals surface area contributed by atoms with Crippen LogP contribution in [0.25, 0.3) is 12.2 Å². The number of rotatable bonds is 2. The third-order valence-electron chi connectivity index (χ3n) is 2.78. The van der Waals surface area contributed by atoms with Gasteiger partial charge in [-0.15, -0.1) is 0 Å². The molecule has 2 heteroatoms. The Morgan fingerprint density at radius 3 is 2.41 bits per heavy atom. The normalized spacial score (nSPS) is 10.9. The molecule has 2 nitrogen and oxygen atoms in total. The molecule has 86 valence electrons. The number of hydrogen-bond donors (Lipinski definition) is 0. The van der Waals surface area contributed by atoms with Crippen molar-refractivity contribution in [1.29, 1.82) is 0 Å². The van der Waals surface area contributed by atoms with Gasteiger partial charge in [-0.2, -0.15) is 0 Å². The minimum Gasteiger partial charge on any atom is -0.312 e. The Kier molecular flexibility index (Phi) is 3.24. The number of benzene rings is 1. The fraction of sp³-hybridized carbons (Fsp3) is 0.133. The second kappa shape index (κ2) is 4.83. The molecule has 0 unspecified atom stereocenters. The summed E-state index contributed by atoms with van der Waals surface area (Å²) in [5.41, 5.74) is 2.86. The summed E-state index contributed by atoms with van der Waals surface area (Å²) in [6, 6.07) is 13.8. The molecule has 0 amide bonds. The van der Waals surface area contributed by atoms with Crippen LogP contribution in [0.2, 0.25) is 0 Å². The molecule has 0 atom stereocenters. The van der Waals surface area contributed by atoms with E-state index < -0.39 is 0 Å². The molecule has 2 aromatic rings. The van der Waals surface area contributed by atoms with E-state index >= 15 is 0 Å². The number of nitrogens with zero attached hydrogens (tertiary/aromatic N) is 1. The average molecular weight is 225 g/mol. The van der Waals surface area contributed by atoms with Gasteiger partial charge in [0.05, 0.1) is 0 Å². The number of hydrogen-bond acceptors (Lipinski definition) is 1. The molecule has 17 heavy (non-hydrogen) atoms. The third kappa shape index (κ3) is 2.53. The fourth-order valence-corrected chi connectivity index (χ4v) is 1.69. The van der Waals surface area contributed by atoms with Crippen molar-refractivity contribution >= 4 is 12.2 Å². The highest BCUT2D eigenvalue weighted by atomic mass is 16.1. The summed E-state index contributed by atoms with van der Waals surface area (Å²) in [5.74, 6) is 0. The van der Waals surface area contributed by atoms with Gasteiger partial charge in [0, 0.05) is 18.3 Å². The van der Waals surface area contributed by atoms with Crippen LogP contribution in [0.4, 0.5) is 0 Å². The summed E-state index contributed by atoms with van der Waals surface area (Å²) in [6.45, 7) is 1.83. The quantitative estimate of drug-likeness (QED) is 0.770. The topological polar surface area (TPSA) is 22.0 Å². The Bertz CT molecular complexity index is 594. The standard InChI is InChI=1S/C15H15NO/c1-12-8-10-14(16(2)15(12)17)11-9-13-6-4-3-5-7-13/h3-11H,1-2H3. The Morgan fingerprint density at radius 2 is 1.71 bits per heavy atom. The molecular weight excluding hydrogens is 210 g/mol. The summed E-state index contributed by atoms with van der Waals surface area (Å²) in [4.78, 5) is 11.7. The van der Waals surface area contributed by atoms with Gasteiger partial charge in [0.15, 0.2) is 0 Å². The molecule has 0 aliphatic rings. The lowest BCUT2D eigenvalue weighted by Gasteiger charge is -2.04. The molecule has 0 saturated heterocycles. The van der Waals surface area contributed by atoms with Gasteiger partial charge in [-0.25, -0.2) is 0 Å². The van der Waals surface area contributed by atoms with Crippen LogP contribution in [0.3, 0.4) is 0 Å². The van der Waals surface area contributed by atoms with Crippen molar-refractivity contribution in [2.75, 3.05) is 0 Å². The molecular formula is C15H15NO.